The van der Waals surface area contributed by atoms with E-state index in [9.17, 15) is 22.0 Å². The van der Waals surface area contributed by atoms with Crippen molar-refractivity contribution < 1.29 is 22.0 Å². The van der Waals surface area contributed by atoms with E-state index in [0.717, 1.165) is 12.1 Å². The van der Waals surface area contributed by atoms with Crippen LogP contribution in [0.2, 0.25) is 5.02 Å². The second-order valence-electron chi connectivity index (χ2n) is 5.07. The molecule has 0 radical (unpaired) electrons. The third kappa shape index (κ3) is 2.92. The summed E-state index contributed by atoms with van der Waals surface area (Å²) >= 11 is 5.82. The first-order chi connectivity index (χ1) is 10.8. The molecule has 1 aliphatic rings. The van der Waals surface area contributed by atoms with Crippen molar-refractivity contribution in [2.24, 2.45) is 0 Å². The highest BCUT2D eigenvalue weighted by atomic mass is 35.5. The Labute approximate surface area is 136 Å². The van der Waals surface area contributed by atoms with Crippen molar-refractivity contribution >= 4 is 33.3 Å². The highest BCUT2D eigenvalue weighted by Crippen LogP contribution is 2.31. The Morgan fingerprint density at radius 3 is 2.48 bits per heavy atom. The van der Waals surface area contributed by atoms with E-state index in [1.807, 2.05) is 0 Å². The standard InChI is InChI=1S/C16H9ClF2O3S/c17-11-2-4-15-12(7-11)16(20)10(8-23(15,21)22)5-9-1-3-13(18)14(19)6-9/h1-7H,8H2. The molecule has 1 aliphatic heterocycles. The summed E-state index contributed by atoms with van der Waals surface area (Å²) in [5.74, 6) is -3.10. The number of fused-ring (bicyclic) bond motifs is 1. The van der Waals surface area contributed by atoms with Gasteiger partial charge in [-0.2, -0.15) is 0 Å². The second-order valence-corrected chi connectivity index (χ2v) is 7.47. The fraction of sp³-hybridized carbons (Fsp3) is 0.0625. The number of benzene rings is 2. The van der Waals surface area contributed by atoms with Crippen molar-refractivity contribution in [1.82, 2.24) is 0 Å². The highest BCUT2D eigenvalue weighted by Gasteiger charge is 2.32. The van der Waals surface area contributed by atoms with Crippen molar-refractivity contribution in [3.05, 3.63) is 69.8 Å². The number of rotatable bonds is 1. The van der Waals surface area contributed by atoms with E-state index in [0.29, 0.717) is 0 Å². The summed E-state index contributed by atoms with van der Waals surface area (Å²) in [4.78, 5) is 12.4. The molecule has 0 bridgehead atoms. The zero-order valence-corrected chi connectivity index (χ0v) is 13.1. The zero-order valence-electron chi connectivity index (χ0n) is 11.5. The fourth-order valence-corrected chi connectivity index (χ4v) is 4.10. The van der Waals surface area contributed by atoms with E-state index < -0.39 is 33.0 Å². The first-order valence-electron chi connectivity index (χ1n) is 6.50. The third-order valence-electron chi connectivity index (χ3n) is 3.44. The lowest BCUT2D eigenvalue weighted by Crippen LogP contribution is -2.24. The molecule has 3 rings (SSSR count). The number of halogens is 3. The lowest BCUT2D eigenvalue weighted by Gasteiger charge is -2.18. The average Bonchev–Trinajstić information content (AvgIpc) is 2.48. The normalized spacial score (nSPS) is 18.0. The van der Waals surface area contributed by atoms with E-state index in [4.69, 9.17) is 11.6 Å². The molecule has 0 saturated heterocycles. The maximum Gasteiger partial charge on any atom is 0.191 e. The third-order valence-corrected chi connectivity index (χ3v) is 5.40. The summed E-state index contributed by atoms with van der Waals surface area (Å²) in [7, 11) is -3.69. The van der Waals surface area contributed by atoms with Gasteiger partial charge < -0.3 is 0 Å². The fourth-order valence-electron chi connectivity index (χ4n) is 2.38. The molecule has 118 valence electrons. The van der Waals surface area contributed by atoms with Crippen molar-refractivity contribution in [3.63, 3.8) is 0 Å². The maximum atomic E-state index is 13.2. The van der Waals surface area contributed by atoms with Gasteiger partial charge in [0.05, 0.1) is 10.6 Å². The van der Waals surface area contributed by atoms with Crippen LogP contribution in [0.25, 0.3) is 6.08 Å². The smallest absolute Gasteiger partial charge is 0.191 e. The topological polar surface area (TPSA) is 51.2 Å². The number of carbonyl (C=O) groups is 1. The van der Waals surface area contributed by atoms with Crippen LogP contribution in [0.3, 0.4) is 0 Å². The number of sulfone groups is 1. The van der Waals surface area contributed by atoms with Crippen molar-refractivity contribution in [3.8, 4) is 0 Å². The molecule has 0 fully saturated rings. The highest BCUT2D eigenvalue weighted by molar-refractivity contribution is 7.91. The van der Waals surface area contributed by atoms with E-state index in [-0.39, 0.29) is 26.6 Å². The molecule has 0 N–H and O–H groups in total. The average molecular weight is 355 g/mol. The van der Waals surface area contributed by atoms with E-state index >= 15 is 0 Å². The molecule has 2 aromatic carbocycles. The number of carbonyl (C=O) groups excluding carboxylic acids is 1. The van der Waals surface area contributed by atoms with Crippen LogP contribution < -0.4 is 0 Å². The molecule has 7 heteroatoms. The zero-order chi connectivity index (χ0) is 16.8. The van der Waals surface area contributed by atoms with Gasteiger partial charge in [-0.3, -0.25) is 4.79 Å². The summed E-state index contributed by atoms with van der Waals surface area (Å²) in [5, 5.41) is 0.237. The Balaban J connectivity index is 2.14. The van der Waals surface area contributed by atoms with Crippen LogP contribution in [0.5, 0.6) is 0 Å². The summed E-state index contributed by atoms with van der Waals surface area (Å²) in [5.41, 5.74) is 0.163. The molecule has 0 atom stereocenters. The van der Waals surface area contributed by atoms with Gasteiger partial charge in [0.15, 0.2) is 27.3 Å². The van der Waals surface area contributed by atoms with Gasteiger partial charge >= 0.3 is 0 Å². The van der Waals surface area contributed by atoms with E-state index in [1.165, 1.54) is 30.3 Å². The molecule has 0 amide bonds. The Morgan fingerprint density at radius 2 is 1.78 bits per heavy atom. The van der Waals surface area contributed by atoms with Gasteiger partial charge in [0.2, 0.25) is 0 Å². The molecular weight excluding hydrogens is 346 g/mol. The Kier molecular flexibility index (Phi) is 3.82. The first kappa shape index (κ1) is 15.8. The predicted octanol–water partition coefficient (Wildman–Crippen LogP) is 3.67. The molecule has 0 aromatic heterocycles. The predicted molar refractivity (Wildman–Crippen MR) is 82.2 cm³/mol. The number of ketones is 1. The molecule has 0 aliphatic carbocycles. The summed E-state index contributed by atoms with van der Waals surface area (Å²) in [6, 6.07) is 7.05. The Morgan fingerprint density at radius 1 is 1.04 bits per heavy atom. The minimum atomic E-state index is -3.69. The minimum absolute atomic E-state index is 0.0161. The van der Waals surface area contributed by atoms with Crippen molar-refractivity contribution in [1.29, 1.82) is 0 Å². The SMILES string of the molecule is O=C1C(=Cc2ccc(F)c(F)c2)CS(=O)(=O)c2ccc(Cl)cc21. The Hall–Kier alpha value is -2.05. The largest absolute Gasteiger partial charge is 0.289 e. The van der Waals surface area contributed by atoms with Crippen LogP contribution in [-0.4, -0.2) is 20.0 Å². The number of Topliss-reactive ketones (excluding diaryl/α,β-unsaturated/α-hetero) is 1. The van der Waals surface area contributed by atoms with Crippen LogP contribution in [0.15, 0.2) is 46.9 Å². The molecule has 3 nitrogen and oxygen atoms in total. The molecule has 0 spiro atoms. The summed E-state index contributed by atoms with van der Waals surface area (Å²) < 4.78 is 50.8. The van der Waals surface area contributed by atoms with Gasteiger partial charge in [0.1, 0.15) is 0 Å². The lowest BCUT2D eigenvalue weighted by atomic mass is 10.0. The first-order valence-corrected chi connectivity index (χ1v) is 8.53. The monoisotopic (exact) mass is 354 g/mol. The van der Waals surface area contributed by atoms with Crippen LogP contribution in [-0.2, 0) is 9.84 Å². The minimum Gasteiger partial charge on any atom is -0.289 e. The van der Waals surface area contributed by atoms with Crippen LogP contribution in [0.4, 0.5) is 8.78 Å². The van der Waals surface area contributed by atoms with Gasteiger partial charge in [-0.25, -0.2) is 17.2 Å². The molecular formula is C16H9ClF2O3S. The summed E-state index contributed by atoms with van der Waals surface area (Å²) in [6.07, 6.45) is 1.24. The van der Waals surface area contributed by atoms with Gasteiger partial charge in [0.25, 0.3) is 0 Å². The van der Waals surface area contributed by atoms with Crippen molar-refractivity contribution in [2.75, 3.05) is 5.75 Å². The number of hydrogen-bond acceptors (Lipinski definition) is 3. The molecule has 1 heterocycles. The summed E-state index contributed by atoms with van der Waals surface area (Å²) in [6.45, 7) is 0. The van der Waals surface area contributed by atoms with Crippen LogP contribution >= 0.6 is 11.6 Å². The molecule has 2 aromatic rings. The maximum absolute atomic E-state index is 13.2. The van der Waals surface area contributed by atoms with Crippen LogP contribution in [0.1, 0.15) is 15.9 Å². The van der Waals surface area contributed by atoms with Gasteiger partial charge in [-0.15, -0.1) is 0 Å². The van der Waals surface area contributed by atoms with Gasteiger partial charge in [0, 0.05) is 16.2 Å². The molecule has 23 heavy (non-hydrogen) atoms. The van der Waals surface area contributed by atoms with Crippen molar-refractivity contribution in [2.45, 2.75) is 4.90 Å². The van der Waals surface area contributed by atoms with Crippen LogP contribution in [0, 0.1) is 11.6 Å². The van der Waals surface area contributed by atoms with Gasteiger partial charge in [-0.05, 0) is 42.0 Å². The second kappa shape index (κ2) is 5.54. The number of hydrogen-bond donors (Lipinski definition) is 0. The van der Waals surface area contributed by atoms with Gasteiger partial charge in [-0.1, -0.05) is 17.7 Å². The molecule has 0 saturated carbocycles. The quantitative estimate of drug-likeness (QED) is 0.734. The van der Waals surface area contributed by atoms with E-state index in [1.54, 1.807) is 0 Å². The Bertz CT molecular complexity index is 965. The lowest BCUT2D eigenvalue weighted by molar-refractivity contribution is 0.103. The molecule has 0 unspecified atom stereocenters. The van der Waals surface area contributed by atoms with E-state index in [2.05, 4.69) is 0 Å².